The zero-order chi connectivity index (χ0) is 34.5. The minimum absolute atomic E-state index is 0.101. The highest BCUT2D eigenvalue weighted by Gasteiger charge is 2.57. The van der Waals surface area contributed by atoms with Gasteiger partial charge in [0.05, 0.1) is 5.52 Å². The lowest BCUT2D eigenvalue weighted by Gasteiger charge is -2.44. The maximum atomic E-state index is 2.58. The second-order valence-electron chi connectivity index (χ2n) is 18.2. The Kier molecular flexibility index (Phi) is 5.91. The number of para-hydroxylation sites is 1. The van der Waals surface area contributed by atoms with Crippen LogP contribution in [-0.2, 0) is 23.7 Å². The molecule has 250 valence electrons. The van der Waals surface area contributed by atoms with Crippen molar-refractivity contribution in [2.45, 2.75) is 91.9 Å². The fraction of sp³-hybridized carbons (Fsp3) is 0.347. The van der Waals surface area contributed by atoms with E-state index in [9.17, 15) is 0 Å². The van der Waals surface area contributed by atoms with Crippen molar-refractivity contribution in [3.8, 4) is 27.9 Å². The summed E-state index contributed by atoms with van der Waals surface area (Å²) in [5, 5.41) is 1.36. The van der Waals surface area contributed by atoms with Gasteiger partial charge in [0.15, 0.2) is 0 Å². The van der Waals surface area contributed by atoms with Crippen LogP contribution in [0.5, 0.6) is 0 Å². The second kappa shape index (κ2) is 9.70. The Morgan fingerprint density at radius 1 is 0.700 bits per heavy atom. The third-order valence-electron chi connectivity index (χ3n) is 15.2. The van der Waals surface area contributed by atoms with E-state index in [1.54, 1.807) is 16.7 Å². The first-order valence-corrected chi connectivity index (χ1v) is 19.0. The number of hydrogen-bond donors (Lipinski definition) is 0. The van der Waals surface area contributed by atoms with Crippen LogP contribution in [0.3, 0.4) is 0 Å². The summed E-state index contributed by atoms with van der Waals surface area (Å²) >= 11 is 0. The van der Waals surface area contributed by atoms with E-state index in [0.29, 0.717) is 5.92 Å². The van der Waals surface area contributed by atoms with Crippen molar-refractivity contribution in [2.75, 3.05) is 0 Å². The first-order valence-electron chi connectivity index (χ1n) is 19.0. The summed E-state index contributed by atoms with van der Waals surface area (Å²) in [6.07, 6.45) is 11.9. The molecule has 1 atom stereocenters. The lowest BCUT2D eigenvalue weighted by molar-refractivity contribution is 0.125. The number of aromatic nitrogens is 1. The topological polar surface area (TPSA) is 4.93 Å². The minimum atomic E-state index is 0.101. The van der Waals surface area contributed by atoms with Crippen LogP contribution in [0.2, 0.25) is 0 Å². The summed E-state index contributed by atoms with van der Waals surface area (Å²) in [6, 6.07) is 30.7. The minimum Gasteiger partial charge on any atom is -0.313 e. The zero-order valence-corrected chi connectivity index (χ0v) is 31.1. The maximum Gasteiger partial charge on any atom is 0.0538 e. The van der Waals surface area contributed by atoms with Gasteiger partial charge in [-0.05, 0) is 151 Å². The van der Waals surface area contributed by atoms with Gasteiger partial charge in [-0.15, -0.1) is 0 Å². The van der Waals surface area contributed by atoms with Gasteiger partial charge in [-0.3, -0.25) is 0 Å². The molecule has 0 amide bonds. The van der Waals surface area contributed by atoms with Crippen molar-refractivity contribution in [3.05, 3.63) is 141 Å². The average Bonchev–Trinajstić information content (AvgIpc) is 3.73. The number of allylic oxidation sites excluding steroid dienone is 5. The molecule has 5 aliphatic carbocycles. The Balaban J connectivity index is 1.13. The van der Waals surface area contributed by atoms with Gasteiger partial charge in [-0.25, -0.2) is 0 Å². The summed E-state index contributed by atoms with van der Waals surface area (Å²) in [6.45, 7) is 19.8. The zero-order valence-electron chi connectivity index (χ0n) is 31.1. The normalized spacial score (nSPS) is 22.5. The molecule has 0 aliphatic heterocycles. The third kappa shape index (κ3) is 3.69. The van der Waals surface area contributed by atoms with E-state index in [1.165, 1.54) is 85.2 Å². The Bertz CT molecular complexity index is 2410. The van der Waals surface area contributed by atoms with Crippen LogP contribution in [0, 0.1) is 16.7 Å². The maximum absolute atomic E-state index is 2.58. The Hall–Kier alpha value is -4.36. The van der Waals surface area contributed by atoms with Gasteiger partial charge in [0.2, 0.25) is 0 Å². The summed E-state index contributed by atoms with van der Waals surface area (Å²) in [5.74, 6) is 0.508. The monoisotopic (exact) mass is 651 g/mol. The summed E-state index contributed by atoms with van der Waals surface area (Å²) in [7, 11) is 0. The molecule has 0 N–H and O–H groups in total. The molecule has 0 radical (unpaired) electrons. The predicted octanol–water partition coefficient (Wildman–Crippen LogP) is 12.7. The molecule has 0 bridgehead atoms. The largest absolute Gasteiger partial charge is 0.313 e. The molecule has 0 fully saturated rings. The van der Waals surface area contributed by atoms with Gasteiger partial charge >= 0.3 is 0 Å². The number of nitrogens with zero attached hydrogens (tertiary/aromatic N) is 1. The Labute approximate surface area is 298 Å². The average molecular weight is 652 g/mol. The quantitative estimate of drug-likeness (QED) is 0.176. The van der Waals surface area contributed by atoms with E-state index in [0.717, 1.165) is 12.8 Å². The van der Waals surface area contributed by atoms with E-state index in [4.69, 9.17) is 0 Å². The van der Waals surface area contributed by atoms with E-state index in [1.807, 2.05) is 0 Å². The van der Waals surface area contributed by atoms with Crippen molar-refractivity contribution in [1.29, 1.82) is 0 Å². The number of benzene rings is 4. The lowest BCUT2D eigenvalue weighted by atomic mass is 9.59. The van der Waals surface area contributed by atoms with Crippen LogP contribution in [-0.4, -0.2) is 4.57 Å². The molecule has 0 spiro atoms. The fourth-order valence-corrected chi connectivity index (χ4v) is 11.0. The van der Waals surface area contributed by atoms with Gasteiger partial charge in [0.1, 0.15) is 0 Å². The molecule has 4 aromatic carbocycles. The molecule has 0 saturated heterocycles. The van der Waals surface area contributed by atoms with E-state index < -0.39 is 0 Å². The van der Waals surface area contributed by atoms with Crippen LogP contribution in [0.4, 0.5) is 0 Å². The summed E-state index contributed by atoms with van der Waals surface area (Å²) < 4.78 is 2.56. The molecule has 1 aromatic heterocycles. The van der Waals surface area contributed by atoms with Gasteiger partial charge in [-0.1, -0.05) is 116 Å². The highest BCUT2D eigenvalue weighted by atomic mass is 15.0. The van der Waals surface area contributed by atoms with E-state index in [2.05, 4.69) is 157 Å². The second-order valence-corrected chi connectivity index (χ2v) is 18.2. The molecule has 1 heterocycles. The highest BCUT2D eigenvalue weighted by Crippen LogP contribution is 2.63. The first kappa shape index (κ1) is 30.5. The lowest BCUT2D eigenvalue weighted by Crippen LogP contribution is -2.42. The van der Waals surface area contributed by atoms with Crippen LogP contribution >= 0.6 is 0 Å². The molecule has 5 aliphatic rings. The van der Waals surface area contributed by atoms with Gasteiger partial charge in [0, 0.05) is 22.3 Å². The third-order valence-corrected chi connectivity index (χ3v) is 15.2. The Morgan fingerprint density at radius 3 is 2.18 bits per heavy atom. The fourth-order valence-electron chi connectivity index (χ4n) is 11.0. The van der Waals surface area contributed by atoms with E-state index >= 15 is 0 Å². The molecule has 50 heavy (non-hydrogen) atoms. The van der Waals surface area contributed by atoms with Gasteiger partial charge < -0.3 is 4.57 Å². The molecule has 10 rings (SSSR count). The van der Waals surface area contributed by atoms with Crippen molar-refractivity contribution >= 4 is 17.0 Å². The molecule has 1 unspecified atom stereocenters. The molecular formula is C49H49N. The van der Waals surface area contributed by atoms with Crippen molar-refractivity contribution in [1.82, 2.24) is 4.57 Å². The smallest absolute Gasteiger partial charge is 0.0538 e. The Morgan fingerprint density at radius 2 is 1.40 bits per heavy atom. The van der Waals surface area contributed by atoms with Crippen LogP contribution in [0.1, 0.15) is 102 Å². The number of rotatable bonds is 2. The first-order chi connectivity index (χ1) is 23.8. The number of hydrogen-bond acceptors (Lipinski definition) is 0. The summed E-state index contributed by atoms with van der Waals surface area (Å²) in [5.41, 5.74) is 22.3. The molecule has 5 aromatic rings. The van der Waals surface area contributed by atoms with Crippen molar-refractivity contribution < 1.29 is 0 Å². The van der Waals surface area contributed by atoms with Gasteiger partial charge in [-0.2, -0.15) is 0 Å². The highest BCUT2D eigenvalue weighted by molar-refractivity contribution is 5.98. The number of fused-ring (bicyclic) bond motifs is 9. The van der Waals surface area contributed by atoms with Crippen molar-refractivity contribution in [3.63, 3.8) is 0 Å². The van der Waals surface area contributed by atoms with Gasteiger partial charge in [0.25, 0.3) is 0 Å². The van der Waals surface area contributed by atoms with Crippen molar-refractivity contribution in [2.24, 2.45) is 16.7 Å². The molecule has 0 saturated carbocycles. The summed E-state index contributed by atoms with van der Waals surface area (Å²) in [4.78, 5) is 0. The molecule has 1 nitrogen and oxygen atoms in total. The van der Waals surface area contributed by atoms with Crippen LogP contribution in [0.25, 0.3) is 44.9 Å². The van der Waals surface area contributed by atoms with Crippen LogP contribution in [0.15, 0.2) is 108 Å². The standard InChI is InChI=1S/C49H49N/c1-46(2)40-17-13-12-16-34(40)37-26-39-38-24-30(20-21-44(38)50(45(39)28-41(37)46)33-14-10-9-11-15-33)29-18-19-31-22-32-25-42-43(27-36(32)35(31)23-29)48(5,6)49(7,8)47(42,3)4/h9-12,14-16,18-21,23-27,41H,13,17,22,28H2,1-8H3. The van der Waals surface area contributed by atoms with Crippen LogP contribution < -0.4 is 0 Å². The van der Waals surface area contributed by atoms with E-state index in [-0.39, 0.29) is 21.7 Å². The predicted molar refractivity (Wildman–Crippen MR) is 211 cm³/mol. The molecule has 1 heteroatoms. The SMILES string of the molecule is CC1(C)C2=C(C=CCC2)C2=Cc3c(n(-c4ccccc4)c4ccc(-c5ccc6c(c5)-c5cc7c(cc5C6)C(C)(C)C(C)(C)C7(C)C)cc34)CC21. The molecular weight excluding hydrogens is 603 g/mol.